The number of nitrogens with one attached hydrogen (secondary N) is 2. The van der Waals surface area contributed by atoms with Crippen molar-refractivity contribution in [3.63, 3.8) is 0 Å². The van der Waals surface area contributed by atoms with Crippen LogP contribution < -0.4 is 16.6 Å². The number of hydrogen-bond acceptors (Lipinski definition) is 5. The van der Waals surface area contributed by atoms with Gasteiger partial charge in [0.1, 0.15) is 5.82 Å². The van der Waals surface area contributed by atoms with Crippen LogP contribution in [-0.2, 0) is 0 Å². The van der Waals surface area contributed by atoms with Crippen molar-refractivity contribution < 1.29 is 5.11 Å². The topological polar surface area (TPSA) is 83.2 Å². The highest BCUT2D eigenvalue weighted by atomic mass is 16.3. The van der Waals surface area contributed by atoms with E-state index in [0.717, 1.165) is 25.1 Å². The van der Waals surface area contributed by atoms with Gasteiger partial charge in [0.15, 0.2) is 0 Å². The normalized spacial score (nSPS) is 12.2. The van der Waals surface area contributed by atoms with E-state index in [1.165, 1.54) is 0 Å². The highest BCUT2D eigenvalue weighted by Crippen LogP contribution is 2.10. The van der Waals surface area contributed by atoms with Gasteiger partial charge in [0, 0.05) is 24.5 Å². The van der Waals surface area contributed by atoms with E-state index in [9.17, 15) is 0 Å². The summed E-state index contributed by atoms with van der Waals surface area (Å²) in [5.41, 5.74) is 3.46. The Balaban J connectivity index is 2.30. The monoisotopic (exact) mass is 210 g/mol. The molecule has 0 saturated carbocycles. The van der Waals surface area contributed by atoms with Crippen molar-refractivity contribution in [1.82, 2.24) is 4.98 Å². The van der Waals surface area contributed by atoms with Gasteiger partial charge in [-0.15, -0.1) is 0 Å². The van der Waals surface area contributed by atoms with Crippen molar-refractivity contribution in [2.45, 2.75) is 25.9 Å². The van der Waals surface area contributed by atoms with Crippen LogP contribution in [0.3, 0.4) is 0 Å². The fourth-order valence-electron chi connectivity index (χ4n) is 1.25. The Morgan fingerprint density at radius 3 is 3.07 bits per heavy atom. The Kier molecular flexibility index (Phi) is 4.86. The van der Waals surface area contributed by atoms with Crippen LogP contribution in [-0.4, -0.2) is 22.7 Å². The number of aliphatic hydroxyl groups is 1. The number of pyridine rings is 1. The molecule has 0 aliphatic carbocycles. The molecule has 5 N–H and O–H groups in total. The van der Waals surface area contributed by atoms with Crippen LogP contribution >= 0.6 is 0 Å². The van der Waals surface area contributed by atoms with E-state index in [2.05, 4.69) is 15.7 Å². The lowest BCUT2D eigenvalue weighted by Gasteiger charge is -2.08. The lowest BCUT2D eigenvalue weighted by atomic mass is 10.2. The standard InChI is InChI=1S/C10H18N4O/c1-8(15)3-2-5-12-9-4-6-13-10(7-9)14-11/h4,6-8,15H,2-3,5,11H2,1H3,(H2,12,13,14). The van der Waals surface area contributed by atoms with Crippen LogP contribution in [0.2, 0.25) is 0 Å². The third kappa shape index (κ3) is 4.62. The predicted molar refractivity (Wildman–Crippen MR) is 61.5 cm³/mol. The molecule has 0 saturated heterocycles. The average molecular weight is 210 g/mol. The van der Waals surface area contributed by atoms with Crippen molar-refractivity contribution in [1.29, 1.82) is 0 Å². The van der Waals surface area contributed by atoms with Crippen molar-refractivity contribution >= 4 is 11.5 Å². The fourth-order valence-corrected chi connectivity index (χ4v) is 1.25. The van der Waals surface area contributed by atoms with Gasteiger partial charge in [-0.25, -0.2) is 10.8 Å². The first-order chi connectivity index (χ1) is 7.22. The number of anilines is 2. The molecule has 0 bridgehead atoms. The molecule has 15 heavy (non-hydrogen) atoms. The van der Waals surface area contributed by atoms with Crippen molar-refractivity contribution in [3.05, 3.63) is 18.3 Å². The van der Waals surface area contributed by atoms with Gasteiger partial charge >= 0.3 is 0 Å². The molecule has 0 radical (unpaired) electrons. The smallest absolute Gasteiger partial charge is 0.141 e. The van der Waals surface area contributed by atoms with Crippen molar-refractivity contribution in [2.24, 2.45) is 5.84 Å². The van der Waals surface area contributed by atoms with E-state index in [1.54, 1.807) is 13.1 Å². The molecule has 0 amide bonds. The number of aliphatic hydroxyl groups excluding tert-OH is 1. The predicted octanol–water partition coefficient (Wildman–Crippen LogP) is 0.940. The molecule has 0 spiro atoms. The van der Waals surface area contributed by atoms with Crippen LogP contribution in [0.1, 0.15) is 19.8 Å². The quantitative estimate of drug-likeness (QED) is 0.319. The minimum Gasteiger partial charge on any atom is -0.393 e. The highest BCUT2D eigenvalue weighted by Gasteiger charge is 1.97. The maximum Gasteiger partial charge on any atom is 0.141 e. The molecule has 5 heteroatoms. The van der Waals surface area contributed by atoms with Crippen molar-refractivity contribution in [3.8, 4) is 0 Å². The summed E-state index contributed by atoms with van der Waals surface area (Å²) in [6, 6.07) is 3.71. The zero-order valence-corrected chi connectivity index (χ0v) is 8.90. The van der Waals surface area contributed by atoms with Crippen LogP contribution in [0.15, 0.2) is 18.3 Å². The number of aromatic nitrogens is 1. The summed E-state index contributed by atoms with van der Waals surface area (Å²) in [5, 5.41) is 12.3. The number of hydrogen-bond donors (Lipinski definition) is 4. The number of nitrogen functional groups attached to an aromatic ring is 1. The maximum absolute atomic E-state index is 9.07. The molecule has 5 nitrogen and oxygen atoms in total. The average Bonchev–Trinajstić information content (AvgIpc) is 2.24. The summed E-state index contributed by atoms with van der Waals surface area (Å²) in [6.07, 6.45) is 3.20. The first-order valence-corrected chi connectivity index (χ1v) is 5.07. The van der Waals surface area contributed by atoms with Crippen LogP contribution in [0.4, 0.5) is 11.5 Å². The summed E-state index contributed by atoms with van der Waals surface area (Å²) >= 11 is 0. The van der Waals surface area contributed by atoms with E-state index in [1.807, 2.05) is 12.1 Å². The molecule has 1 aromatic rings. The first kappa shape index (κ1) is 11.7. The largest absolute Gasteiger partial charge is 0.393 e. The number of nitrogens with two attached hydrogens (primary N) is 1. The van der Waals surface area contributed by atoms with E-state index in [4.69, 9.17) is 10.9 Å². The Morgan fingerprint density at radius 1 is 1.60 bits per heavy atom. The molecule has 0 aliphatic heterocycles. The molecule has 1 rings (SSSR count). The third-order valence-electron chi connectivity index (χ3n) is 2.04. The summed E-state index contributed by atoms with van der Waals surface area (Å²) in [7, 11) is 0. The summed E-state index contributed by atoms with van der Waals surface area (Å²) in [4.78, 5) is 4.00. The molecular formula is C10H18N4O. The van der Waals surface area contributed by atoms with E-state index < -0.39 is 0 Å². The molecule has 0 fully saturated rings. The molecule has 1 aromatic heterocycles. The number of nitrogens with zero attached hydrogens (tertiary/aromatic N) is 1. The van der Waals surface area contributed by atoms with E-state index >= 15 is 0 Å². The minimum absolute atomic E-state index is 0.231. The maximum atomic E-state index is 9.07. The molecule has 1 atom stereocenters. The molecule has 1 unspecified atom stereocenters. The second kappa shape index (κ2) is 6.21. The molecule has 84 valence electrons. The van der Waals surface area contributed by atoms with Gasteiger partial charge in [-0.05, 0) is 25.8 Å². The van der Waals surface area contributed by atoms with Crippen LogP contribution in [0.5, 0.6) is 0 Å². The van der Waals surface area contributed by atoms with Gasteiger partial charge < -0.3 is 15.8 Å². The molecule has 1 heterocycles. The van der Waals surface area contributed by atoms with Gasteiger partial charge in [0.2, 0.25) is 0 Å². The Morgan fingerprint density at radius 2 is 2.40 bits per heavy atom. The summed E-state index contributed by atoms with van der Waals surface area (Å²) in [6.45, 7) is 2.63. The zero-order valence-electron chi connectivity index (χ0n) is 8.90. The van der Waals surface area contributed by atoms with Gasteiger partial charge in [-0.2, -0.15) is 0 Å². The summed E-state index contributed by atoms with van der Waals surface area (Å²) in [5.74, 6) is 5.87. The van der Waals surface area contributed by atoms with Crippen molar-refractivity contribution in [2.75, 3.05) is 17.3 Å². The van der Waals surface area contributed by atoms with Crippen LogP contribution in [0, 0.1) is 0 Å². The van der Waals surface area contributed by atoms with E-state index in [-0.39, 0.29) is 6.10 Å². The highest BCUT2D eigenvalue weighted by molar-refractivity contribution is 5.51. The van der Waals surface area contributed by atoms with Gasteiger partial charge in [-0.1, -0.05) is 0 Å². The Labute approximate surface area is 89.7 Å². The SMILES string of the molecule is CC(O)CCCNc1ccnc(NN)c1. The van der Waals surface area contributed by atoms with Gasteiger partial charge in [0.25, 0.3) is 0 Å². The number of rotatable bonds is 6. The molecule has 0 aromatic carbocycles. The number of hydrazine groups is 1. The van der Waals surface area contributed by atoms with Gasteiger partial charge in [0.05, 0.1) is 6.10 Å². The molecular weight excluding hydrogens is 192 g/mol. The Hall–Kier alpha value is -1.33. The minimum atomic E-state index is -0.231. The van der Waals surface area contributed by atoms with E-state index in [0.29, 0.717) is 5.82 Å². The lowest BCUT2D eigenvalue weighted by molar-refractivity contribution is 0.183. The zero-order chi connectivity index (χ0) is 11.1. The second-order valence-corrected chi connectivity index (χ2v) is 3.49. The molecule has 0 aliphatic rings. The Bertz CT molecular complexity index is 291. The lowest BCUT2D eigenvalue weighted by Crippen LogP contribution is -2.10. The summed E-state index contributed by atoms with van der Waals surface area (Å²) < 4.78 is 0. The second-order valence-electron chi connectivity index (χ2n) is 3.49. The van der Waals surface area contributed by atoms with Crippen LogP contribution in [0.25, 0.3) is 0 Å². The first-order valence-electron chi connectivity index (χ1n) is 5.07. The van der Waals surface area contributed by atoms with Gasteiger partial charge in [-0.3, -0.25) is 0 Å². The fraction of sp³-hybridized carbons (Fsp3) is 0.500. The third-order valence-corrected chi connectivity index (χ3v) is 2.04.